The van der Waals surface area contributed by atoms with Crippen molar-refractivity contribution in [2.75, 3.05) is 6.54 Å². The van der Waals surface area contributed by atoms with E-state index in [1.165, 1.54) is 16.7 Å². The predicted molar refractivity (Wildman–Crippen MR) is 40.0 cm³/mol. The van der Waals surface area contributed by atoms with Crippen LogP contribution in [0.15, 0.2) is 17.8 Å². The average molecular weight is 141 g/mol. The Morgan fingerprint density at radius 2 is 2.56 bits per heavy atom. The van der Waals surface area contributed by atoms with Crippen LogP contribution in [0.5, 0.6) is 0 Å². The first-order chi connectivity index (χ1) is 4.31. The third-order valence-corrected chi connectivity index (χ3v) is 0.762. The lowest BCUT2D eigenvalue weighted by Gasteiger charge is -2.01. The summed E-state index contributed by atoms with van der Waals surface area (Å²) in [5, 5.41) is 11.8. The molecule has 0 atom stereocenters. The zero-order valence-corrected chi connectivity index (χ0v) is 5.75. The Labute approximate surface area is 59.8 Å². The lowest BCUT2D eigenvalue weighted by atomic mass is 10.7. The number of hydrazone groups is 1. The number of nitrogens with zero attached hydrogens (tertiary/aromatic N) is 3. The molecule has 48 valence electrons. The highest BCUT2D eigenvalue weighted by molar-refractivity contribution is 7.77. The van der Waals surface area contributed by atoms with Gasteiger partial charge in [0.25, 0.3) is 0 Å². The molecule has 0 aliphatic heterocycles. The van der Waals surface area contributed by atoms with Crippen LogP contribution in [0.4, 0.5) is 0 Å². The monoisotopic (exact) mass is 141 g/mol. The third kappa shape index (κ3) is 4.91. The zero-order valence-electron chi connectivity index (χ0n) is 4.86. The summed E-state index contributed by atoms with van der Waals surface area (Å²) in [4.78, 5) is 0. The summed E-state index contributed by atoms with van der Waals surface area (Å²) in [6.07, 6.45) is 2.98. The molecular weight excluding hydrogens is 134 g/mol. The zero-order chi connectivity index (χ0) is 7.11. The molecule has 0 amide bonds. The van der Waals surface area contributed by atoms with Gasteiger partial charge in [-0.15, -0.1) is 0 Å². The summed E-state index contributed by atoms with van der Waals surface area (Å²) in [5.41, 5.74) is 0. The summed E-state index contributed by atoms with van der Waals surface area (Å²) < 4.78 is 1.22. The van der Waals surface area contributed by atoms with E-state index in [1.54, 1.807) is 0 Å². The van der Waals surface area contributed by atoms with Crippen molar-refractivity contribution in [3.05, 3.63) is 12.7 Å². The fourth-order valence-corrected chi connectivity index (χ4v) is 0.351. The molecule has 0 unspecified atom stereocenters. The van der Waals surface area contributed by atoms with Gasteiger partial charge in [0.15, 0.2) is 0 Å². The van der Waals surface area contributed by atoms with E-state index >= 15 is 0 Å². The summed E-state index contributed by atoms with van der Waals surface area (Å²) >= 11 is 3.81. The number of nitriles is 1. The van der Waals surface area contributed by atoms with Crippen LogP contribution >= 0.6 is 12.8 Å². The van der Waals surface area contributed by atoms with E-state index in [1.807, 2.05) is 6.07 Å². The van der Waals surface area contributed by atoms with E-state index in [0.29, 0.717) is 0 Å². The molecule has 0 fully saturated rings. The average Bonchev–Trinajstić information content (AvgIpc) is 1.85. The summed E-state index contributed by atoms with van der Waals surface area (Å²) in [7, 11) is 0. The minimum Gasteiger partial charge on any atom is -0.228 e. The molecule has 3 nitrogen and oxygen atoms in total. The van der Waals surface area contributed by atoms with Gasteiger partial charge in [0.2, 0.25) is 0 Å². The number of hydrogen-bond acceptors (Lipinski definition) is 4. The SMILES string of the molecule is C=CC=NN(S)CC#N. The van der Waals surface area contributed by atoms with Crippen LogP contribution < -0.4 is 0 Å². The van der Waals surface area contributed by atoms with Crippen molar-refractivity contribution in [2.45, 2.75) is 0 Å². The second-order valence-corrected chi connectivity index (χ2v) is 1.65. The van der Waals surface area contributed by atoms with Crippen LogP contribution in [0, 0.1) is 11.3 Å². The van der Waals surface area contributed by atoms with Gasteiger partial charge in [-0.3, -0.25) is 0 Å². The molecule has 0 bridgehead atoms. The van der Waals surface area contributed by atoms with Crippen LogP contribution in [-0.2, 0) is 0 Å². The quantitative estimate of drug-likeness (QED) is 0.273. The number of hydrogen-bond donors (Lipinski definition) is 1. The molecule has 0 saturated carbocycles. The molecule has 0 heterocycles. The van der Waals surface area contributed by atoms with E-state index in [9.17, 15) is 0 Å². The Morgan fingerprint density at radius 1 is 1.89 bits per heavy atom. The summed E-state index contributed by atoms with van der Waals surface area (Å²) in [6, 6.07) is 1.88. The fourth-order valence-electron chi connectivity index (χ4n) is 0.228. The van der Waals surface area contributed by atoms with E-state index in [-0.39, 0.29) is 6.54 Å². The molecule has 0 aliphatic rings. The predicted octanol–water partition coefficient (Wildman–Crippen LogP) is 0.829. The number of allylic oxidation sites excluding steroid dienone is 1. The van der Waals surface area contributed by atoms with Gasteiger partial charge in [-0.25, -0.2) is 4.41 Å². The van der Waals surface area contributed by atoms with Gasteiger partial charge < -0.3 is 0 Å². The van der Waals surface area contributed by atoms with Crippen molar-refractivity contribution in [1.29, 1.82) is 5.26 Å². The highest BCUT2D eigenvalue weighted by Gasteiger charge is 1.85. The van der Waals surface area contributed by atoms with Crippen molar-refractivity contribution in [3.63, 3.8) is 0 Å². The topological polar surface area (TPSA) is 39.4 Å². The molecule has 0 aliphatic carbocycles. The molecule has 0 aromatic carbocycles. The van der Waals surface area contributed by atoms with Gasteiger partial charge >= 0.3 is 0 Å². The Morgan fingerprint density at radius 3 is 3.00 bits per heavy atom. The minimum atomic E-state index is 0.174. The van der Waals surface area contributed by atoms with Gasteiger partial charge in [-0.1, -0.05) is 6.58 Å². The van der Waals surface area contributed by atoms with Crippen molar-refractivity contribution >= 4 is 19.0 Å². The first-order valence-corrected chi connectivity index (χ1v) is 2.69. The molecular formula is C5H7N3S. The van der Waals surface area contributed by atoms with Gasteiger partial charge in [0.05, 0.1) is 6.07 Å². The van der Waals surface area contributed by atoms with E-state index < -0.39 is 0 Å². The smallest absolute Gasteiger partial charge is 0.135 e. The van der Waals surface area contributed by atoms with Gasteiger partial charge in [0.1, 0.15) is 6.54 Å². The molecule has 0 spiro atoms. The van der Waals surface area contributed by atoms with Gasteiger partial charge in [0, 0.05) is 6.21 Å². The van der Waals surface area contributed by atoms with Crippen molar-refractivity contribution in [3.8, 4) is 6.07 Å². The summed E-state index contributed by atoms with van der Waals surface area (Å²) in [6.45, 7) is 3.57. The normalized spacial score (nSPS) is 8.89. The standard InChI is InChI=1S/C5H7N3S/c1-2-4-7-8(9)5-3-6/h2,4,9H,1,5H2. The van der Waals surface area contributed by atoms with Gasteiger partial charge in [-0.2, -0.15) is 10.4 Å². The fraction of sp³-hybridized carbons (Fsp3) is 0.200. The molecule has 0 aromatic heterocycles. The molecule has 0 aromatic rings. The molecule has 0 rings (SSSR count). The third-order valence-electron chi connectivity index (χ3n) is 0.517. The Balaban J connectivity index is 3.51. The van der Waals surface area contributed by atoms with Crippen LogP contribution in [0.25, 0.3) is 0 Å². The maximum atomic E-state index is 8.10. The number of thiol groups is 1. The van der Waals surface area contributed by atoms with Crippen LogP contribution in [0.3, 0.4) is 0 Å². The van der Waals surface area contributed by atoms with E-state index in [0.717, 1.165) is 0 Å². The molecule has 0 saturated heterocycles. The van der Waals surface area contributed by atoms with Crippen molar-refractivity contribution in [2.24, 2.45) is 5.10 Å². The first kappa shape index (κ1) is 8.05. The lowest BCUT2D eigenvalue weighted by molar-refractivity contribution is 0.577. The Kier molecular flexibility index (Phi) is 4.64. The van der Waals surface area contributed by atoms with E-state index in [4.69, 9.17) is 5.26 Å². The summed E-state index contributed by atoms with van der Waals surface area (Å²) in [5.74, 6) is 0. The maximum Gasteiger partial charge on any atom is 0.135 e. The lowest BCUT2D eigenvalue weighted by Crippen LogP contribution is -2.02. The maximum absolute atomic E-state index is 8.10. The molecule has 4 heteroatoms. The van der Waals surface area contributed by atoms with Crippen molar-refractivity contribution in [1.82, 2.24) is 4.41 Å². The van der Waals surface area contributed by atoms with Gasteiger partial charge in [-0.05, 0) is 18.9 Å². The van der Waals surface area contributed by atoms with Crippen molar-refractivity contribution < 1.29 is 0 Å². The number of rotatable bonds is 3. The molecule has 0 radical (unpaired) electrons. The highest BCUT2D eigenvalue weighted by Crippen LogP contribution is 1.89. The minimum absolute atomic E-state index is 0.174. The first-order valence-electron chi connectivity index (χ1n) is 2.29. The van der Waals surface area contributed by atoms with E-state index in [2.05, 4.69) is 24.5 Å². The Bertz CT molecular complexity index is 147. The molecule has 0 N–H and O–H groups in total. The van der Waals surface area contributed by atoms with Crippen LogP contribution in [0.1, 0.15) is 0 Å². The Hall–Kier alpha value is -0.950. The largest absolute Gasteiger partial charge is 0.228 e. The van der Waals surface area contributed by atoms with Crippen LogP contribution in [0.2, 0.25) is 0 Å². The van der Waals surface area contributed by atoms with Crippen LogP contribution in [-0.4, -0.2) is 17.2 Å². The molecule has 9 heavy (non-hydrogen) atoms. The second-order valence-electron chi connectivity index (χ2n) is 1.19. The highest BCUT2D eigenvalue weighted by atomic mass is 32.1. The second kappa shape index (κ2) is 5.19.